The summed E-state index contributed by atoms with van der Waals surface area (Å²) >= 11 is 20.1. The summed E-state index contributed by atoms with van der Waals surface area (Å²) in [6.07, 6.45) is 12.3. The quantitative estimate of drug-likeness (QED) is 0.479. The standard InChI is InChI=1S/2C7H6S2.Ni/c2*8-6-3-4-1-2-5(4)7(6)9;/h2*1-3,5,8-9H;/p-4. The normalized spacial score (nSPS) is 28.2. The van der Waals surface area contributed by atoms with Crippen LogP contribution in [0.4, 0.5) is 0 Å². The molecule has 4 aliphatic carbocycles. The molecule has 0 spiro atoms. The summed E-state index contributed by atoms with van der Waals surface area (Å²) in [6, 6.07) is 0. The minimum atomic E-state index is 0. The summed E-state index contributed by atoms with van der Waals surface area (Å²) in [5, 5.41) is 0. The fourth-order valence-electron chi connectivity index (χ4n) is 2.11. The van der Waals surface area contributed by atoms with Crippen molar-refractivity contribution in [2.45, 2.75) is 0 Å². The first-order chi connectivity index (χ1) is 8.58. The van der Waals surface area contributed by atoms with Crippen molar-refractivity contribution in [3.8, 4) is 0 Å². The molecule has 0 nitrogen and oxygen atoms in total. The van der Waals surface area contributed by atoms with Crippen LogP contribution in [0.25, 0.3) is 0 Å². The maximum Gasteiger partial charge on any atom is 0.00135 e. The zero-order chi connectivity index (χ0) is 12.9. The van der Waals surface area contributed by atoms with E-state index in [-0.39, 0.29) is 16.5 Å². The van der Waals surface area contributed by atoms with Crippen LogP contribution in [0.2, 0.25) is 0 Å². The topological polar surface area (TPSA) is 0 Å². The molecule has 19 heavy (non-hydrogen) atoms. The van der Waals surface area contributed by atoms with Crippen LogP contribution in [0.5, 0.6) is 0 Å². The molecule has 5 heteroatoms. The number of hydrogen-bond donors (Lipinski definition) is 0. The third kappa shape index (κ3) is 2.55. The van der Waals surface area contributed by atoms with Gasteiger partial charge >= 0.3 is 0 Å². The van der Waals surface area contributed by atoms with E-state index < -0.39 is 0 Å². The molecule has 0 radical (unpaired) electrons. The Bertz CT molecular complexity index is 551. The van der Waals surface area contributed by atoms with Gasteiger partial charge in [0.2, 0.25) is 0 Å². The van der Waals surface area contributed by atoms with Crippen LogP contribution in [-0.4, -0.2) is 0 Å². The molecule has 0 saturated heterocycles. The van der Waals surface area contributed by atoms with E-state index in [1.54, 1.807) is 0 Å². The summed E-state index contributed by atoms with van der Waals surface area (Å²) in [7, 11) is 0. The molecule has 0 aliphatic heterocycles. The molecule has 0 N–H and O–H groups in total. The first kappa shape index (κ1) is 15.2. The largest absolute Gasteiger partial charge is 0.784 e. The number of rotatable bonds is 0. The second-order valence-corrected chi connectivity index (χ2v) is 6.18. The predicted molar refractivity (Wildman–Crippen MR) is 84.9 cm³/mol. The Balaban J connectivity index is 0.000000133. The van der Waals surface area contributed by atoms with Crippen molar-refractivity contribution < 1.29 is 16.5 Å². The smallest absolute Gasteiger partial charge is 0.00135 e. The molecule has 2 atom stereocenters. The van der Waals surface area contributed by atoms with E-state index >= 15 is 0 Å². The monoisotopic (exact) mass is 362 g/mol. The molecule has 4 rings (SSSR count). The van der Waals surface area contributed by atoms with Crippen LogP contribution in [0.3, 0.4) is 0 Å². The fraction of sp³-hybridized carbons (Fsp3) is 0.143. The van der Waals surface area contributed by atoms with E-state index in [2.05, 4.69) is 24.3 Å². The summed E-state index contributed by atoms with van der Waals surface area (Å²) in [6.45, 7) is 0. The van der Waals surface area contributed by atoms with Crippen molar-refractivity contribution in [3.63, 3.8) is 0 Å². The number of allylic oxidation sites excluding steroid dienone is 10. The Kier molecular flexibility index (Phi) is 4.53. The fourth-order valence-corrected chi connectivity index (χ4v) is 3.19. The van der Waals surface area contributed by atoms with E-state index in [0.717, 1.165) is 19.6 Å². The summed E-state index contributed by atoms with van der Waals surface area (Å²) < 4.78 is 0. The van der Waals surface area contributed by atoms with Crippen LogP contribution in [0.1, 0.15) is 0 Å². The van der Waals surface area contributed by atoms with Crippen LogP contribution in [0.15, 0.2) is 67.2 Å². The summed E-state index contributed by atoms with van der Waals surface area (Å²) in [4.78, 5) is 3.58. The first-order valence-corrected chi connectivity index (χ1v) is 7.17. The van der Waals surface area contributed by atoms with Gasteiger partial charge in [0.15, 0.2) is 0 Å². The van der Waals surface area contributed by atoms with Gasteiger partial charge < -0.3 is 50.5 Å². The maximum absolute atomic E-state index is 5.05. The van der Waals surface area contributed by atoms with Crippen LogP contribution >= 0.6 is 0 Å². The van der Waals surface area contributed by atoms with Crippen molar-refractivity contribution in [2.24, 2.45) is 11.8 Å². The zero-order valence-electron chi connectivity index (χ0n) is 9.57. The van der Waals surface area contributed by atoms with Gasteiger partial charge in [0.25, 0.3) is 0 Å². The third-order valence-corrected chi connectivity index (χ3v) is 5.21. The molecule has 0 aromatic rings. The summed E-state index contributed by atoms with van der Waals surface area (Å²) in [5.74, 6) is 0.819. The predicted octanol–water partition coefficient (Wildman–Crippen LogP) is 2.83. The van der Waals surface area contributed by atoms with E-state index in [1.807, 2.05) is 12.2 Å². The van der Waals surface area contributed by atoms with Crippen LogP contribution in [-0.2, 0) is 67.0 Å². The van der Waals surface area contributed by atoms with Gasteiger partial charge in [-0.05, 0) is 11.1 Å². The molecule has 0 fully saturated rings. The van der Waals surface area contributed by atoms with Gasteiger partial charge in [-0.15, -0.1) is 0 Å². The molecule has 0 aromatic heterocycles. The van der Waals surface area contributed by atoms with Crippen molar-refractivity contribution in [2.75, 3.05) is 0 Å². The van der Waals surface area contributed by atoms with Crippen LogP contribution < -0.4 is 0 Å². The average molecular weight is 363 g/mol. The van der Waals surface area contributed by atoms with Gasteiger partial charge in [-0.3, -0.25) is 0 Å². The minimum absolute atomic E-state index is 0. The second-order valence-electron chi connectivity index (χ2n) is 4.42. The zero-order valence-corrected chi connectivity index (χ0v) is 13.8. The van der Waals surface area contributed by atoms with E-state index in [0.29, 0.717) is 11.8 Å². The minimum Gasteiger partial charge on any atom is -0.784 e. The Morgan fingerprint density at radius 3 is 1.16 bits per heavy atom. The number of fused-ring (bicyclic) bond motifs is 2. The molecule has 4 aliphatic rings. The second kappa shape index (κ2) is 5.67. The van der Waals surface area contributed by atoms with Crippen molar-refractivity contribution in [1.82, 2.24) is 0 Å². The number of hydrogen-bond acceptors (Lipinski definition) is 4. The SMILES string of the molecule is [Ni].[S-]C1=C([S-])C2C=CC2=C1.[S-]C1=C([S-])C2C=CC2=C1. The van der Waals surface area contributed by atoms with Gasteiger partial charge in [-0.1, -0.05) is 36.5 Å². The van der Waals surface area contributed by atoms with Crippen molar-refractivity contribution in [3.05, 3.63) is 67.2 Å². The van der Waals surface area contributed by atoms with E-state index in [9.17, 15) is 0 Å². The third-order valence-electron chi connectivity index (χ3n) is 3.33. The molecule has 0 saturated carbocycles. The Morgan fingerprint density at radius 2 is 1.05 bits per heavy atom. The van der Waals surface area contributed by atoms with E-state index in [4.69, 9.17) is 50.5 Å². The van der Waals surface area contributed by atoms with Gasteiger partial charge in [-0.25, -0.2) is 9.81 Å². The Morgan fingerprint density at radius 1 is 0.684 bits per heavy atom. The van der Waals surface area contributed by atoms with Crippen LogP contribution in [0, 0.1) is 11.8 Å². The molecular weight excluding hydrogens is 355 g/mol. The van der Waals surface area contributed by atoms with Gasteiger partial charge in [0, 0.05) is 28.3 Å². The molecule has 0 bridgehead atoms. The molecular formula is C14H8NiS4-4. The van der Waals surface area contributed by atoms with Gasteiger partial charge in [0.05, 0.1) is 0 Å². The maximum atomic E-state index is 5.05. The molecule has 0 aromatic carbocycles. The Labute approximate surface area is 145 Å². The average Bonchev–Trinajstić information content (AvgIpc) is 2.57. The first-order valence-electron chi connectivity index (χ1n) is 5.54. The van der Waals surface area contributed by atoms with Crippen molar-refractivity contribution in [1.29, 1.82) is 0 Å². The Hall–Kier alpha value is -0.186. The molecule has 0 heterocycles. The van der Waals surface area contributed by atoms with Gasteiger partial charge in [0.1, 0.15) is 0 Å². The summed E-state index contributed by atoms with van der Waals surface area (Å²) in [5.41, 5.74) is 2.59. The molecule has 0 amide bonds. The van der Waals surface area contributed by atoms with Crippen molar-refractivity contribution >= 4 is 50.5 Å². The van der Waals surface area contributed by atoms with E-state index in [1.165, 1.54) is 11.1 Å². The molecule has 102 valence electrons. The molecule has 2 unspecified atom stereocenters. The van der Waals surface area contributed by atoms with Gasteiger partial charge in [-0.2, -0.15) is 9.81 Å².